The summed E-state index contributed by atoms with van der Waals surface area (Å²) >= 11 is -3.11. The van der Waals surface area contributed by atoms with Gasteiger partial charge in [-0.15, -0.1) is 11.4 Å². The van der Waals surface area contributed by atoms with E-state index in [1.807, 2.05) is 0 Å². The van der Waals surface area contributed by atoms with Crippen molar-refractivity contribution in [3.05, 3.63) is 0 Å². The average Bonchev–Trinajstić information content (AvgIpc) is 0.811. The van der Waals surface area contributed by atoms with E-state index >= 15 is 0 Å². The summed E-state index contributed by atoms with van der Waals surface area (Å²) in [6.45, 7) is 0. The zero-order valence-corrected chi connectivity index (χ0v) is 4.57. The van der Waals surface area contributed by atoms with Gasteiger partial charge in [0.25, 0.3) is 0 Å². The molecule has 0 aliphatic heterocycles. The maximum atomic E-state index is 8.44. The molecule has 0 aliphatic carbocycles. The molecule has 0 aliphatic rings. The minimum Gasteiger partial charge on any atom is -0.784 e. The van der Waals surface area contributed by atoms with Crippen molar-refractivity contribution in [1.82, 2.24) is 0 Å². The van der Waals surface area contributed by atoms with Gasteiger partial charge in [-0.05, 0) is 0 Å². The molecular weight excluding hydrogens is 104 g/mol. The van der Waals surface area contributed by atoms with Gasteiger partial charge < -0.3 is 9.11 Å². The van der Waals surface area contributed by atoms with Crippen molar-refractivity contribution in [1.29, 1.82) is 0 Å². The van der Waals surface area contributed by atoms with Crippen LogP contribution in [0.4, 0.5) is 0 Å². The van der Waals surface area contributed by atoms with E-state index < -0.39 is 11.4 Å². The third kappa shape index (κ3) is 55.6. The first-order valence-electron chi connectivity index (χ1n) is 0.500. The minimum atomic E-state index is -3.11. The Hall–Kier alpha value is 0.836. The predicted octanol–water partition coefficient (Wildman–Crippen LogP) is -1.38. The molecule has 0 saturated heterocycles. The Kier molecular flexibility index (Phi) is 8.97. The van der Waals surface area contributed by atoms with Crippen LogP contribution in [0.5, 0.6) is 0 Å². The molecule has 0 saturated carbocycles. The van der Waals surface area contributed by atoms with Crippen LogP contribution in [0.15, 0.2) is 0 Å². The molecule has 0 bridgehead atoms. The molecule has 0 N–H and O–H groups in total. The molecule has 3 nitrogen and oxygen atoms in total. The average molecular weight is 104 g/mol. The van der Waals surface area contributed by atoms with Gasteiger partial charge in [0, 0.05) is 0 Å². The first-order valence-corrected chi connectivity index (χ1v) is 1.50. The Bertz CT molecular complexity index is 29.9. The summed E-state index contributed by atoms with van der Waals surface area (Å²) in [5, 5.41) is 0. The zero-order chi connectivity index (χ0) is 3.58. The summed E-state index contributed by atoms with van der Waals surface area (Å²) in [6, 6.07) is 0. The molecule has 0 aromatic rings. The fraction of sp³-hybridized carbons (Fsp3) is 0. The topological polar surface area (TPSA) is 63.2 Å². The van der Waals surface area contributed by atoms with Crippen molar-refractivity contribution in [2.45, 2.75) is 0 Å². The van der Waals surface area contributed by atoms with Gasteiger partial charge >= 0.3 is 23.1 Å². The number of rotatable bonds is 0. The monoisotopic (exact) mass is 104 g/mol. The molecule has 0 unspecified atom stereocenters. The van der Waals surface area contributed by atoms with Gasteiger partial charge in [0.15, 0.2) is 0 Å². The maximum absolute atomic E-state index is 8.44. The van der Waals surface area contributed by atoms with E-state index in [0.717, 1.165) is 0 Å². The van der Waals surface area contributed by atoms with Crippen molar-refractivity contribution in [3.8, 4) is 0 Å². The molecule has 0 rings (SSSR count). The summed E-state index contributed by atoms with van der Waals surface area (Å²) < 4.78 is 25.3. The molecule has 26 valence electrons. The zero-order valence-electron chi connectivity index (χ0n) is 2.34. The van der Waals surface area contributed by atoms with Crippen molar-refractivity contribution in [3.63, 3.8) is 0 Å². The van der Waals surface area contributed by atoms with E-state index in [1.165, 1.54) is 0 Å². The summed E-state index contributed by atoms with van der Waals surface area (Å²) in [4.78, 5) is 0. The molecule has 5 heavy (non-hydrogen) atoms. The van der Waals surface area contributed by atoms with E-state index in [-0.39, 0.29) is 23.1 Å². The van der Waals surface area contributed by atoms with Crippen LogP contribution < -0.4 is 0 Å². The number of hydrogen-bond donors (Lipinski definition) is 0. The third-order valence-electron chi connectivity index (χ3n) is 0. The van der Waals surface area contributed by atoms with Gasteiger partial charge in [0.1, 0.15) is 0 Å². The molecule has 0 heterocycles. The largest absolute Gasteiger partial charge is 2.00 e. The van der Waals surface area contributed by atoms with Gasteiger partial charge in [-0.25, -0.2) is 0 Å². The summed E-state index contributed by atoms with van der Waals surface area (Å²) in [5.41, 5.74) is 0. The van der Waals surface area contributed by atoms with Gasteiger partial charge in [-0.3, -0.25) is 4.21 Å². The van der Waals surface area contributed by atoms with Crippen molar-refractivity contribution in [2.24, 2.45) is 0 Å². The van der Waals surface area contributed by atoms with Crippen LogP contribution in [0.25, 0.3) is 0 Å². The van der Waals surface area contributed by atoms with Gasteiger partial charge in [-0.1, -0.05) is 0 Å². The quantitative estimate of drug-likeness (QED) is 0.281. The smallest absolute Gasteiger partial charge is 0.784 e. The second kappa shape index (κ2) is 4.84. The maximum Gasteiger partial charge on any atom is 2.00 e. The number of hydrogen-bond acceptors (Lipinski definition) is 3. The summed E-state index contributed by atoms with van der Waals surface area (Å²) in [7, 11) is 0. The minimum absolute atomic E-state index is 0. The third-order valence-corrected chi connectivity index (χ3v) is 0. The van der Waals surface area contributed by atoms with E-state index in [1.54, 1.807) is 0 Å². The second-order valence-electron chi connectivity index (χ2n) is 0.204. The Morgan fingerprint density at radius 3 is 1.40 bits per heavy atom. The van der Waals surface area contributed by atoms with Crippen LogP contribution in [-0.4, -0.2) is 36.4 Å². The van der Waals surface area contributed by atoms with Crippen LogP contribution in [0.1, 0.15) is 0 Å². The molecule has 0 fully saturated rings. The van der Waals surface area contributed by atoms with Crippen LogP contribution >= 0.6 is 0 Å². The van der Waals surface area contributed by atoms with Crippen molar-refractivity contribution < 1.29 is 13.3 Å². The molecule has 0 radical (unpaired) electrons. The van der Waals surface area contributed by atoms with Crippen molar-refractivity contribution in [2.75, 3.05) is 0 Å². The fourth-order valence-corrected chi connectivity index (χ4v) is 0. The van der Waals surface area contributed by atoms with E-state index in [4.69, 9.17) is 13.3 Å². The van der Waals surface area contributed by atoms with E-state index in [2.05, 4.69) is 0 Å². The SMILES string of the molecule is O=S([O-])[O-].[Mg+2]. The Labute approximate surface area is 48.0 Å². The standard InChI is InChI=1S/Mg.H2O3S/c;1-4(2)3/h;(H2,1,2,3)/q+2;/p-2. The molecule has 0 amide bonds. The summed E-state index contributed by atoms with van der Waals surface area (Å²) in [6.07, 6.45) is 0. The van der Waals surface area contributed by atoms with E-state index in [9.17, 15) is 0 Å². The Balaban J connectivity index is 0. The first-order chi connectivity index (χ1) is 1.73. The molecule has 5 heteroatoms. The van der Waals surface area contributed by atoms with Crippen LogP contribution in [0.2, 0.25) is 0 Å². The van der Waals surface area contributed by atoms with Gasteiger partial charge in [-0.2, -0.15) is 0 Å². The molecule has 0 atom stereocenters. The van der Waals surface area contributed by atoms with Gasteiger partial charge in [0.05, 0.1) is 0 Å². The van der Waals surface area contributed by atoms with Crippen LogP contribution in [0, 0.1) is 0 Å². The predicted molar refractivity (Wildman–Crippen MR) is 15.5 cm³/mol. The molecule has 0 aromatic heterocycles. The van der Waals surface area contributed by atoms with Crippen LogP contribution in [-0.2, 0) is 11.4 Å². The van der Waals surface area contributed by atoms with E-state index in [0.29, 0.717) is 0 Å². The Morgan fingerprint density at radius 2 is 1.40 bits per heavy atom. The second-order valence-corrected chi connectivity index (χ2v) is 0.612. The van der Waals surface area contributed by atoms with Gasteiger partial charge in [0.2, 0.25) is 0 Å². The first kappa shape index (κ1) is 9.28. The Morgan fingerprint density at radius 1 is 1.40 bits per heavy atom. The molecular formula is MgO3S. The van der Waals surface area contributed by atoms with Crippen molar-refractivity contribution >= 4 is 34.4 Å². The van der Waals surface area contributed by atoms with Crippen LogP contribution in [0.3, 0.4) is 0 Å². The molecule has 0 aromatic carbocycles. The molecule has 0 spiro atoms. The fourth-order valence-electron chi connectivity index (χ4n) is 0. The normalized spacial score (nSPS) is 7.00. The summed E-state index contributed by atoms with van der Waals surface area (Å²) in [5.74, 6) is 0.